The molecule has 3 N–H and O–H groups in total. The van der Waals surface area contributed by atoms with Gasteiger partial charge in [-0.05, 0) is 94.2 Å². The second kappa shape index (κ2) is 34.7. The van der Waals surface area contributed by atoms with Crippen LogP contribution in [0.25, 0.3) is 0 Å². The van der Waals surface area contributed by atoms with Crippen molar-refractivity contribution in [2.75, 3.05) is 13.2 Å². The number of fused-ring (bicyclic) bond motifs is 1. The van der Waals surface area contributed by atoms with Gasteiger partial charge in [0.1, 0.15) is 29.8 Å². The molecule has 0 radical (unpaired) electrons. The molecular formula is C54H100O6. The summed E-state index contributed by atoms with van der Waals surface area (Å²) in [6.07, 6.45) is 38.9. The Labute approximate surface area is 372 Å². The van der Waals surface area contributed by atoms with E-state index >= 15 is 0 Å². The number of aromatic hydroxyl groups is 1. The Kier molecular flexibility index (Phi) is 32.5. The number of carbonyl (C=O) groups excluding carboxylic acids is 1. The van der Waals surface area contributed by atoms with Crippen molar-refractivity contribution in [2.24, 2.45) is 17.8 Å². The molecule has 0 aromatic heterocycles. The van der Waals surface area contributed by atoms with Crippen molar-refractivity contribution in [2.45, 2.75) is 273 Å². The van der Waals surface area contributed by atoms with E-state index in [0.717, 1.165) is 72.3 Å². The van der Waals surface area contributed by atoms with Gasteiger partial charge in [-0.2, -0.15) is 0 Å². The lowest BCUT2D eigenvalue weighted by Crippen LogP contribution is -2.37. The minimum absolute atomic E-state index is 0.0712. The summed E-state index contributed by atoms with van der Waals surface area (Å²) in [7, 11) is 0. The highest BCUT2D eigenvalue weighted by Gasteiger charge is 2.34. The minimum Gasteiger partial charge on any atom is -0.507 e. The zero-order valence-corrected chi connectivity index (χ0v) is 41.2. The molecule has 0 spiro atoms. The first-order valence-electron chi connectivity index (χ1n) is 25.7. The first-order valence-corrected chi connectivity index (χ1v) is 25.7. The number of esters is 1. The Morgan fingerprint density at radius 1 is 0.650 bits per heavy atom. The van der Waals surface area contributed by atoms with Crippen molar-refractivity contribution >= 4 is 5.97 Å². The number of aliphatic hydroxyl groups is 2. The lowest BCUT2D eigenvalue weighted by atomic mass is 9.84. The molecule has 1 aromatic carbocycles. The van der Waals surface area contributed by atoms with Gasteiger partial charge in [-0.15, -0.1) is 0 Å². The van der Waals surface area contributed by atoms with Crippen molar-refractivity contribution in [3.05, 3.63) is 22.3 Å². The molecule has 0 amide bonds. The molecule has 4 atom stereocenters. The van der Waals surface area contributed by atoms with Gasteiger partial charge < -0.3 is 24.8 Å². The van der Waals surface area contributed by atoms with Crippen LogP contribution in [0.1, 0.15) is 256 Å². The number of phenols is 1. The number of unbranched alkanes of at least 4 members (excludes halogenated alkanes) is 18. The number of carbonyl (C=O) groups is 1. The first kappa shape index (κ1) is 56.2. The quantitative estimate of drug-likeness (QED) is 0.0465. The summed E-state index contributed by atoms with van der Waals surface area (Å²) >= 11 is 0. The maximum Gasteiger partial charge on any atom is 0.305 e. The van der Waals surface area contributed by atoms with Crippen LogP contribution in [-0.4, -0.2) is 46.2 Å². The van der Waals surface area contributed by atoms with Gasteiger partial charge in [0, 0.05) is 12.0 Å². The van der Waals surface area contributed by atoms with Gasteiger partial charge in [0.25, 0.3) is 0 Å². The second-order valence-corrected chi connectivity index (χ2v) is 20.1. The predicted octanol–water partition coefficient (Wildman–Crippen LogP) is 15.5. The summed E-state index contributed by atoms with van der Waals surface area (Å²) in [5.41, 5.74) is 4.23. The van der Waals surface area contributed by atoms with Crippen molar-refractivity contribution in [3.63, 3.8) is 0 Å². The van der Waals surface area contributed by atoms with Crippen molar-refractivity contribution in [1.29, 1.82) is 0 Å². The largest absolute Gasteiger partial charge is 0.507 e. The van der Waals surface area contributed by atoms with E-state index in [1.54, 1.807) is 0 Å². The van der Waals surface area contributed by atoms with Gasteiger partial charge in [0.05, 0.1) is 6.61 Å². The standard InChI is InChI=1S/C29H50O2.C25H50O4/c1-20(2)12-9-13-21(3)14-10-15-22(4)16-11-18-29(8)19-17-26-25(7)27(30)23(5)24(6)28(26)31-29;1-2-3-4-5-6-7-8-9-10-11-12-13-14-15-16-17-18-19-20-21-25(28)29-23-24(27)22-26/h20-22,30H,9-19H2,1-8H3;24,26-27H,2-23H2,1H3/t21-,22-,29-;/m1./s1. The van der Waals surface area contributed by atoms with E-state index in [2.05, 4.69) is 48.5 Å². The van der Waals surface area contributed by atoms with Gasteiger partial charge in [0.15, 0.2) is 0 Å². The molecule has 0 aliphatic carbocycles. The molecule has 1 heterocycles. The van der Waals surface area contributed by atoms with Crippen LogP contribution in [0.15, 0.2) is 0 Å². The van der Waals surface area contributed by atoms with Crippen LogP contribution in [0.2, 0.25) is 0 Å². The van der Waals surface area contributed by atoms with Crippen molar-refractivity contribution in [1.82, 2.24) is 0 Å². The SMILES string of the molecule is CCCCCCCCCCCCCCCCCCCCCC(=O)OCC(O)CO.Cc1c(C)c2c(c(C)c1O)CC[C@@](C)(CCC[C@H](C)CCC[C@H](C)CCCC(C)C)O2. The summed E-state index contributed by atoms with van der Waals surface area (Å²) in [6, 6.07) is 0. The van der Waals surface area contributed by atoms with Crippen LogP contribution < -0.4 is 4.74 Å². The summed E-state index contributed by atoms with van der Waals surface area (Å²) < 4.78 is 11.5. The summed E-state index contributed by atoms with van der Waals surface area (Å²) in [6.45, 7) is 19.7. The van der Waals surface area contributed by atoms with Gasteiger partial charge in [-0.3, -0.25) is 4.79 Å². The fourth-order valence-electron chi connectivity index (χ4n) is 8.94. The Hall–Kier alpha value is -1.79. The van der Waals surface area contributed by atoms with Gasteiger partial charge in [-0.25, -0.2) is 0 Å². The maximum absolute atomic E-state index is 11.4. The highest BCUT2D eigenvalue weighted by Crippen LogP contribution is 2.44. The van der Waals surface area contributed by atoms with E-state index < -0.39 is 6.10 Å². The molecular weight excluding hydrogens is 745 g/mol. The molecule has 0 saturated carbocycles. The van der Waals surface area contributed by atoms with Gasteiger partial charge >= 0.3 is 5.97 Å². The molecule has 1 unspecified atom stereocenters. The predicted molar refractivity (Wildman–Crippen MR) is 256 cm³/mol. The summed E-state index contributed by atoms with van der Waals surface area (Å²) in [5.74, 6) is 3.76. The smallest absolute Gasteiger partial charge is 0.305 e. The first-order chi connectivity index (χ1) is 28.7. The minimum atomic E-state index is -0.955. The number of phenolic OH excluding ortho intramolecular Hbond substituents is 1. The van der Waals surface area contributed by atoms with Crippen LogP contribution in [0, 0.1) is 38.5 Å². The average molecular weight is 845 g/mol. The van der Waals surface area contributed by atoms with Crippen molar-refractivity contribution < 1.29 is 29.6 Å². The zero-order chi connectivity index (χ0) is 44.6. The molecule has 0 fully saturated rings. The molecule has 1 aromatic rings. The number of benzene rings is 1. The summed E-state index contributed by atoms with van der Waals surface area (Å²) in [4.78, 5) is 11.4. The highest BCUT2D eigenvalue weighted by molar-refractivity contribution is 5.69. The Morgan fingerprint density at radius 3 is 1.57 bits per heavy atom. The van der Waals surface area contributed by atoms with Crippen molar-refractivity contribution in [3.8, 4) is 11.5 Å². The van der Waals surface area contributed by atoms with Gasteiger partial charge in [-0.1, -0.05) is 195 Å². The third-order valence-corrected chi connectivity index (χ3v) is 13.5. The zero-order valence-electron chi connectivity index (χ0n) is 41.2. The van der Waals surface area contributed by atoms with E-state index in [-0.39, 0.29) is 24.8 Å². The van der Waals surface area contributed by atoms with E-state index in [4.69, 9.17) is 19.7 Å². The lowest BCUT2D eigenvalue weighted by Gasteiger charge is -2.38. The average Bonchev–Trinajstić information content (AvgIpc) is 3.22. The number of ether oxygens (including phenoxy) is 2. The molecule has 1 aliphatic heterocycles. The Morgan fingerprint density at radius 2 is 1.10 bits per heavy atom. The van der Waals surface area contributed by atoms with Crippen LogP contribution in [0.3, 0.4) is 0 Å². The molecule has 6 nitrogen and oxygen atoms in total. The number of rotatable bonds is 35. The molecule has 0 saturated heterocycles. The second-order valence-electron chi connectivity index (χ2n) is 20.1. The molecule has 1 aliphatic rings. The highest BCUT2D eigenvalue weighted by atomic mass is 16.5. The molecule has 6 heteroatoms. The van der Waals surface area contributed by atoms with Crippen LogP contribution in [0.5, 0.6) is 11.5 Å². The topological polar surface area (TPSA) is 96.2 Å². The number of hydrogen-bond acceptors (Lipinski definition) is 6. The van der Waals surface area contributed by atoms with E-state index in [1.807, 2.05) is 13.8 Å². The van der Waals surface area contributed by atoms with Crippen LogP contribution >= 0.6 is 0 Å². The Balaban J connectivity index is 0.000000602. The lowest BCUT2D eigenvalue weighted by molar-refractivity contribution is -0.147. The van der Waals surface area contributed by atoms with E-state index in [9.17, 15) is 9.90 Å². The maximum atomic E-state index is 11.4. The van der Waals surface area contributed by atoms with Crippen LogP contribution in [0.4, 0.5) is 0 Å². The van der Waals surface area contributed by atoms with Gasteiger partial charge in [0.2, 0.25) is 0 Å². The third-order valence-electron chi connectivity index (χ3n) is 13.5. The normalized spacial score (nSPS) is 16.5. The number of aliphatic hydroxyl groups excluding tert-OH is 2. The Bertz CT molecular complexity index is 1210. The van der Waals surface area contributed by atoms with E-state index in [1.165, 1.54) is 166 Å². The monoisotopic (exact) mass is 845 g/mol. The summed E-state index contributed by atoms with van der Waals surface area (Å²) in [5, 5.41) is 28.2. The molecule has 0 bridgehead atoms. The van der Waals surface area contributed by atoms with E-state index in [0.29, 0.717) is 12.2 Å². The molecule has 2 rings (SSSR count). The van der Waals surface area contributed by atoms with Crippen LogP contribution in [-0.2, 0) is 16.0 Å². The molecule has 352 valence electrons. The fourth-order valence-corrected chi connectivity index (χ4v) is 8.94. The third kappa shape index (κ3) is 26.6. The fraction of sp³-hybridized carbons (Fsp3) is 0.870. The number of hydrogen-bond donors (Lipinski definition) is 3. The molecule has 60 heavy (non-hydrogen) atoms.